The van der Waals surface area contributed by atoms with E-state index < -0.39 is 0 Å². The molecule has 0 saturated carbocycles. The molecule has 2 N–H and O–H groups in total. The van der Waals surface area contributed by atoms with Gasteiger partial charge in [-0.3, -0.25) is 4.79 Å². The predicted octanol–water partition coefficient (Wildman–Crippen LogP) is 4.74. The number of fused-ring (bicyclic) bond motifs is 3. The molecule has 2 aromatic heterocycles. The van der Waals surface area contributed by atoms with E-state index in [2.05, 4.69) is 31.4 Å². The molecule has 2 unspecified atom stereocenters. The van der Waals surface area contributed by atoms with Crippen molar-refractivity contribution in [1.29, 1.82) is 0 Å². The Bertz CT molecular complexity index is 761. The third-order valence-electron chi connectivity index (χ3n) is 5.89. The fraction of sp³-hybridized carbons (Fsp3) is 0.526. The monoisotopic (exact) mass is 344 g/mol. The van der Waals surface area contributed by atoms with Crippen molar-refractivity contribution in [3.63, 3.8) is 0 Å². The van der Waals surface area contributed by atoms with Gasteiger partial charge >= 0.3 is 0 Å². The lowest BCUT2D eigenvalue weighted by Gasteiger charge is -2.36. The van der Waals surface area contributed by atoms with Crippen molar-refractivity contribution in [3.8, 4) is 0 Å². The number of hydrogen-bond acceptors (Lipinski definition) is 4. The molecule has 5 heteroatoms. The first kappa shape index (κ1) is 15.8. The number of anilines is 1. The van der Waals surface area contributed by atoms with Crippen LogP contribution in [0, 0.1) is 11.3 Å². The molecule has 2 aliphatic rings. The molecule has 0 aromatic carbocycles. The molecule has 0 bridgehead atoms. The second kappa shape index (κ2) is 5.66. The summed E-state index contributed by atoms with van der Waals surface area (Å²) in [5.41, 5.74) is 2.49. The Kier molecular flexibility index (Phi) is 3.71. The van der Waals surface area contributed by atoms with Gasteiger partial charge in [0.1, 0.15) is 10.8 Å². The Morgan fingerprint density at radius 3 is 2.92 bits per heavy atom. The number of carbonyl (C=O) groups excluding carboxylic acids is 1. The van der Waals surface area contributed by atoms with Gasteiger partial charge in [0.15, 0.2) is 6.17 Å². The molecule has 1 aliphatic heterocycles. The number of amides is 1. The lowest BCUT2D eigenvalue weighted by atomic mass is 9.69. The molecule has 1 amide bonds. The Hall–Kier alpha value is -1.75. The summed E-state index contributed by atoms with van der Waals surface area (Å²) in [6.07, 6.45) is 5.83. The van der Waals surface area contributed by atoms with Crippen molar-refractivity contribution in [2.45, 2.75) is 52.6 Å². The maximum atomic E-state index is 12.7. The first-order chi connectivity index (χ1) is 11.5. The Morgan fingerprint density at radius 1 is 1.38 bits per heavy atom. The van der Waals surface area contributed by atoms with Crippen LogP contribution in [-0.4, -0.2) is 5.91 Å². The number of nitrogens with one attached hydrogen (secondary N) is 2. The second-order valence-corrected chi connectivity index (χ2v) is 8.66. The largest absolute Gasteiger partial charge is 0.465 e. The van der Waals surface area contributed by atoms with Crippen LogP contribution in [0.25, 0.3) is 0 Å². The first-order valence-electron chi connectivity index (χ1n) is 8.75. The van der Waals surface area contributed by atoms with E-state index in [1.165, 1.54) is 23.3 Å². The van der Waals surface area contributed by atoms with Gasteiger partial charge in [0, 0.05) is 4.88 Å². The van der Waals surface area contributed by atoms with E-state index in [0.29, 0.717) is 11.3 Å². The SMILES string of the molecule is CCC(C)(C)C1CCc2c(sc3c2C(=O)NC(c2ccco2)N3)C1. The maximum Gasteiger partial charge on any atom is 0.256 e. The number of hydrogen-bond donors (Lipinski definition) is 2. The zero-order chi connectivity index (χ0) is 16.9. The van der Waals surface area contributed by atoms with Crippen molar-refractivity contribution in [2.75, 3.05) is 5.32 Å². The minimum atomic E-state index is -0.275. The van der Waals surface area contributed by atoms with Gasteiger partial charge in [-0.15, -0.1) is 11.3 Å². The minimum absolute atomic E-state index is 0.0239. The molecular formula is C19H24N2O2S. The van der Waals surface area contributed by atoms with E-state index in [9.17, 15) is 4.79 Å². The summed E-state index contributed by atoms with van der Waals surface area (Å²) in [4.78, 5) is 14.1. The number of thiophene rings is 1. The van der Waals surface area contributed by atoms with Crippen LogP contribution in [0.4, 0.5) is 5.00 Å². The molecule has 4 nitrogen and oxygen atoms in total. The second-order valence-electron chi connectivity index (χ2n) is 7.56. The summed E-state index contributed by atoms with van der Waals surface area (Å²) in [5, 5.41) is 7.47. The van der Waals surface area contributed by atoms with Gasteiger partial charge in [-0.1, -0.05) is 27.2 Å². The summed E-state index contributed by atoms with van der Waals surface area (Å²) in [5.74, 6) is 1.46. The normalized spacial score (nSPS) is 23.2. The molecule has 2 atom stereocenters. The van der Waals surface area contributed by atoms with Gasteiger partial charge in [0.2, 0.25) is 0 Å². The summed E-state index contributed by atoms with van der Waals surface area (Å²) in [7, 11) is 0. The molecule has 2 aromatic rings. The van der Waals surface area contributed by atoms with Gasteiger partial charge in [0.25, 0.3) is 5.91 Å². The number of furan rings is 1. The topological polar surface area (TPSA) is 54.3 Å². The quantitative estimate of drug-likeness (QED) is 0.846. The average Bonchev–Trinajstić information content (AvgIpc) is 3.21. The van der Waals surface area contributed by atoms with Crippen molar-refractivity contribution < 1.29 is 9.21 Å². The van der Waals surface area contributed by atoms with Crippen LogP contribution in [0.1, 0.15) is 66.3 Å². The minimum Gasteiger partial charge on any atom is -0.465 e. The lowest BCUT2D eigenvalue weighted by Crippen LogP contribution is -2.38. The molecule has 24 heavy (non-hydrogen) atoms. The van der Waals surface area contributed by atoms with Gasteiger partial charge in [-0.2, -0.15) is 0 Å². The van der Waals surface area contributed by atoms with Crippen LogP contribution in [-0.2, 0) is 12.8 Å². The zero-order valence-corrected chi connectivity index (χ0v) is 15.3. The molecule has 0 fully saturated rings. The predicted molar refractivity (Wildman–Crippen MR) is 96.4 cm³/mol. The fourth-order valence-electron chi connectivity index (χ4n) is 3.85. The van der Waals surface area contributed by atoms with Crippen LogP contribution < -0.4 is 10.6 Å². The standard InChI is InChI=1S/C19H24N2O2S/c1-4-19(2,3)11-7-8-12-14(10-11)24-18-15(12)17(22)20-16(21-18)13-6-5-9-23-13/h5-6,9,11,16,21H,4,7-8,10H2,1-3H3,(H,20,22). The number of rotatable bonds is 3. The molecule has 0 radical (unpaired) electrons. The third kappa shape index (κ3) is 2.46. The zero-order valence-electron chi connectivity index (χ0n) is 14.4. The molecule has 0 saturated heterocycles. The molecule has 1 aliphatic carbocycles. The molecule has 128 valence electrons. The van der Waals surface area contributed by atoms with Gasteiger partial charge < -0.3 is 15.1 Å². The van der Waals surface area contributed by atoms with Crippen molar-refractivity contribution in [1.82, 2.24) is 5.32 Å². The van der Waals surface area contributed by atoms with Crippen LogP contribution >= 0.6 is 11.3 Å². The van der Waals surface area contributed by atoms with Crippen molar-refractivity contribution in [2.24, 2.45) is 11.3 Å². The highest BCUT2D eigenvalue weighted by molar-refractivity contribution is 7.16. The van der Waals surface area contributed by atoms with E-state index in [0.717, 1.165) is 29.2 Å². The van der Waals surface area contributed by atoms with Crippen LogP contribution in [0.3, 0.4) is 0 Å². The van der Waals surface area contributed by atoms with Gasteiger partial charge in [0.05, 0.1) is 11.8 Å². The van der Waals surface area contributed by atoms with Gasteiger partial charge in [-0.05, 0) is 48.3 Å². The first-order valence-corrected chi connectivity index (χ1v) is 9.56. The summed E-state index contributed by atoms with van der Waals surface area (Å²) < 4.78 is 5.44. The molecular weight excluding hydrogens is 320 g/mol. The van der Waals surface area contributed by atoms with E-state index >= 15 is 0 Å². The van der Waals surface area contributed by atoms with E-state index in [4.69, 9.17) is 4.42 Å². The van der Waals surface area contributed by atoms with Crippen LogP contribution in [0.2, 0.25) is 0 Å². The Labute approximate surface area is 146 Å². The summed E-state index contributed by atoms with van der Waals surface area (Å²) >= 11 is 1.76. The maximum absolute atomic E-state index is 12.7. The highest BCUT2D eigenvalue weighted by Gasteiger charge is 2.37. The summed E-state index contributed by atoms with van der Waals surface area (Å²) in [6, 6.07) is 3.73. The third-order valence-corrected chi connectivity index (χ3v) is 7.07. The molecule has 0 spiro atoms. The van der Waals surface area contributed by atoms with E-state index in [-0.39, 0.29) is 12.1 Å². The smallest absolute Gasteiger partial charge is 0.256 e. The number of carbonyl (C=O) groups is 1. The highest BCUT2D eigenvalue weighted by Crippen LogP contribution is 2.46. The lowest BCUT2D eigenvalue weighted by molar-refractivity contribution is 0.0930. The van der Waals surface area contributed by atoms with E-state index in [1.54, 1.807) is 17.6 Å². The Morgan fingerprint density at radius 2 is 2.21 bits per heavy atom. The fourth-order valence-corrected chi connectivity index (χ4v) is 5.20. The highest BCUT2D eigenvalue weighted by atomic mass is 32.1. The van der Waals surface area contributed by atoms with Crippen molar-refractivity contribution in [3.05, 3.63) is 40.2 Å². The average molecular weight is 344 g/mol. The van der Waals surface area contributed by atoms with Crippen LogP contribution in [0.5, 0.6) is 0 Å². The molecule has 3 heterocycles. The van der Waals surface area contributed by atoms with Gasteiger partial charge in [-0.25, -0.2) is 0 Å². The van der Waals surface area contributed by atoms with Crippen LogP contribution in [0.15, 0.2) is 22.8 Å². The molecule has 4 rings (SSSR count). The van der Waals surface area contributed by atoms with E-state index in [1.807, 2.05) is 12.1 Å². The summed E-state index contributed by atoms with van der Waals surface area (Å²) in [6.45, 7) is 7.01. The van der Waals surface area contributed by atoms with Crippen molar-refractivity contribution >= 4 is 22.2 Å². The Balaban J connectivity index is 1.64.